The van der Waals surface area contributed by atoms with Crippen LogP contribution in [-0.4, -0.2) is 17.9 Å². The monoisotopic (exact) mass is 266 g/mol. The lowest BCUT2D eigenvalue weighted by atomic mass is 10.1. The Morgan fingerprint density at radius 2 is 2.28 bits per heavy atom. The van der Waals surface area contributed by atoms with Crippen LogP contribution in [0, 0.1) is 22.6 Å². The van der Waals surface area contributed by atoms with Crippen molar-refractivity contribution in [3.05, 3.63) is 34.6 Å². The van der Waals surface area contributed by atoms with Crippen LogP contribution in [0.1, 0.15) is 18.4 Å². The number of hydrogen-bond acceptors (Lipinski definition) is 2. The summed E-state index contributed by atoms with van der Waals surface area (Å²) in [5.41, 5.74) is -0.0792. The maximum Gasteiger partial charge on any atom is 0.243 e. The van der Waals surface area contributed by atoms with Gasteiger partial charge >= 0.3 is 0 Å². The number of nitriles is 1. The summed E-state index contributed by atoms with van der Waals surface area (Å²) in [6, 6.07) is 6.41. The summed E-state index contributed by atoms with van der Waals surface area (Å²) >= 11 is 5.68. The van der Waals surface area contributed by atoms with Gasteiger partial charge in [0.25, 0.3) is 0 Å². The van der Waals surface area contributed by atoms with Crippen LogP contribution in [-0.2, 0) is 11.3 Å². The van der Waals surface area contributed by atoms with Gasteiger partial charge in [0.05, 0.1) is 11.1 Å². The van der Waals surface area contributed by atoms with Crippen LogP contribution in [0.3, 0.4) is 0 Å². The first-order chi connectivity index (χ1) is 8.48. The Bertz CT molecular complexity index is 534. The van der Waals surface area contributed by atoms with Gasteiger partial charge in [0.15, 0.2) is 0 Å². The first-order valence-corrected chi connectivity index (χ1v) is 5.97. The van der Waals surface area contributed by atoms with E-state index in [1.807, 2.05) is 0 Å². The number of carbonyl (C=O) groups excluding carboxylic acids is 1. The van der Waals surface area contributed by atoms with Crippen LogP contribution >= 0.6 is 11.6 Å². The molecule has 1 fully saturated rings. The zero-order valence-corrected chi connectivity index (χ0v) is 10.7. The predicted molar refractivity (Wildman–Crippen MR) is 65.2 cm³/mol. The van der Waals surface area contributed by atoms with Crippen molar-refractivity contribution >= 4 is 17.5 Å². The van der Waals surface area contributed by atoms with Crippen molar-refractivity contribution in [2.24, 2.45) is 5.41 Å². The largest absolute Gasteiger partial charge is 0.340 e. The van der Waals surface area contributed by atoms with Crippen LogP contribution < -0.4 is 0 Å². The molecule has 0 unspecified atom stereocenters. The van der Waals surface area contributed by atoms with E-state index in [0.29, 0.717) is 19.4 Å². The number of halogens is 2. The summed E-state index contributed by atoms with van der Waals surface area (Å²) < 4.78 is 13.0. The molecule has 94 valence electrons. The van der Waals surface area contributed by atoms with Crippen LogP contribution in [0.15, 0.2) is 18.2 Å². The number of rotatable bonds is 3. The molecule has 1 aromatic carbocycles. The summed E-state index contributed by atoms with van der Waals surface area (Å²) in [4.78, 5) is 13.5. The Morgan fingerprint density at radius 1 is 1.61 bits per heavy atom. The highest BCUT2D eigenvalue weighted by molar-refractivity contribution is 6.30. The SMILES string of the molecule is CN(Cc1ccc(F)c(Cl)c1)C(=O)C1(C#N)CC1. The molecular formula is C13H12ClFN2O. The lowest BCUT2D eigenvalue weighted by Crippen LogP contribution is -2.33. The van der Waals surface area contributed by atoms with Gasteiger partial charge in [-0.15, -0.1) is 0 Å². The molecule has 0 aliphatic heterocycles. The average Bonchev–Trinajstić information content (AvgIpc) is 3.14. The van der Waals surface area contributed by atoms with Gasteiger partial charge in [0.2, 0.25) is 5.91 Å². The van der Waals surface area contributed by atoms with Crippen molar-refractivity contribution in [2.75, 3.05) is 7.05 Å². The molecule has 0 radical (unpaired) electrons. The van der Waals surface area contributed by atoms with E-state index in [-0.39, 0.29) is 10.9 Å². The van der Waals surface area contributed by atoms with E-state index in [1.165, 1.54) is 17.0 Å². The van der Waals surface area contributed by atoms with E-state index in [2.05, 4.69) is 6.07 Å². The number of amides is 1. The van der Waals surface area contributed by atoms with Gasteiger partial charge in [-0.05, 0) is 30.5 Å². The standard InChI is InChI=1S/C13H12ClFN2O/c1-17(12(18)13(8-16)4-5-13)7-9-2-3-11(15)10(14)6-9/h2-3,6H,4-5,7H2,1H3. The maximum atomic E-state index is 13.0. The van der Waals surface area contributed by atoms with Crippen molar-refractivity contribution < 1.29 is 9.18 Å². The van der Waals surface area contributed by atoms with Crippen LogP contribution in [0.4, 0.5) is 4.39 Å². The van der Waals surface area contributed by atoms with E-state index in [0.717, 1.165) is 5.56 Å². The Balaban J connectivity index is 2.08. The van der Waals surface area contributed by atoms with Gasteiger partial charge in [0, 0.05) is 13.6 Å². The number of benzene rings is 1. The Kier molecular flexibility index (Phi) is 3.27. The molecule has 0 aromatic heterocycles. The molecular weight excluding hydrogens is 255 g/mol. The molecule has 18 heavy (non-hydrogen) atoms. The fourth-order valence-corrected chi connectivity index (χ4v) is 2.05. The molecule has 1 saturated carbocycles. The Labute approximate surface area is 110 Å². The Hall–Kier alpha value is -1.60. The quantitative estimate of drug-likeness (QED) is 0.844. The zero-order chi connectivity index (χ0) is 13.3. The summed E-state index contributed by atoms with van der Waals surface area (Å²) in [5.74, 6) is -0.657. The second kappa shape index (κ2) is 4.58. The van der Waals surface area contributed by atoms with E-state index in [4.69, 9.17) is 16.9 Å². The second-order valence-electron chi connectivity index (χ2n) is 4.60. The van der Waals surface area contributed by atoms with Crippen LogP contribution in [0.25, 0.3) is 0 Å². The van der Waals surface area contributed by atoms with E-state index in [9.17, 15) is 9.18 Å². The molecule has 1 aliphatic rings. The minimum atomic E-state index is -0.821. The molecule has 0 saturated heterocycles. The van der Waals surface area contributed by atoms with E-state index >= 15 is 0 Å². The van der Waals surface area contributed by atoms with E-state index in [1.54, 1.807) is 13.1 Å². The van der Waals surface area contributed by atoms with Crippen molar-refractivity contribution in [1.82, 2.24) is 4.90 Å². The van der Waals surface area contributed by atoms with Gasteiger partial charge in [-0.2, -0.15) is 5.26 Å². The molecule has 1 aliphatic carbocycles. The van der Waals surface area contributed by atoms with Gasteiger partial charge in [0.1, 0.15) is 11.2 Å². The fourth-order valence-electron chi connectivity index (χ4n) is 1.85. The molecule has 0 bridgehead atoms. The molecule has 1 aromatic rings. The first kappa shape index (κ1) is 12.8. The number of nitrogens with zero attached hydrogens (tertiary/aromatic N) is 2. The lowest BCUT2D eigenvalue weighted by molar-refractivity contribution is -0.134. The predicted octanol–water partition coefficient (Wildman–Crippen LogP) is 2.74. The third kappa shape index (κ3) is 2.32. The lowest BCUT2D eigenvalue weighted by Gasteiger charge is -2.19. The number of hydrogen-bond donors (Lipinski definition) is 0. The van der Waals surface area contributed by atoms with Crippen molar-refractivity contribution in [3.8, 4) is 6.07 Å². The van der Waals surface area contributed by atoms with Gasteiger partial charge < -0.3 is 4.90 Å². The maximum absolute atomic E-state index is 13.0. The molecule has 0 atom stereocenters. The summed E-state index contributed by atoms with van der Waals surface area (Å²) in [6.45, 7) is 0.322. The van der Waals surface area contributed by atoms with Gasteiger partial charge in [-0.25, -0.2) is 4.39 Å². The molecule has 2 rings (SSSR count). The smallest absolute Gasteiger partial charge is 0.243 e. The van der Waals surface area contributed by atoms with Gasteiger partial charge in [-0.1, -0.05) is 17.7 Å². The fraction of sp³-hybridized carbons (Fsp3) is 0.385. The summed E-state index contributed by atoms with van der Waals surface area (Å²) in [5, 5.41) is 8.99. The molecule has 0 N–H and O–H groups in total. The van der Waals surface area contributed by atoms with Crippen LogP contribution in [0.2, 0.25) is 5.02 Å². The molecule has 3 nitrogen and oxygen atoms in total. The minimum absolute atomic E-state index is 0.0368. The molecule has 5 heteroatoms. The van der Waals surface area contributed by atoms with Crippen molar-refractivity contribution in [1.29, 1.82) is 5.26 Å². The highest BCUT2D eigenvalue weighted by atomic mass is 35.5. The third-order valence-electron chi connectivity index (χ3n) is 3.12. The van der Waals surface area contributed by atoms with Crippen molar-refractivity contribution in [3.63, 3.8) is 0 Å². The number of carbonyl (C=O) groups is 1. The summed E-state index contributed by atoms with van der Waals surface area (Å²) in [7, 11) is 1.64. The highest BCUT2D eigenvalue weighted by Gasteiger charge is 2.51. The highest BCUT2D eigenvalue weighted by Crippen LogP contribution is 2.46. The molecule has 0 heterocycles. The first-order valence-electron chi connectivity index (χ1n) is 5.59. The molecule has 1 amide bonds. The van der Waals surface area contributed by atoms with Crippen molar-refractivity contribution in [2.45, 2.75) is 19.4 Å². The Morgan fingerprint density at radius 3 is 2.78 bits per heavy atom. The summed E-state index contributed by atoms with van der Waals surface area (Å²) in [6.07, 6.45) is 1.24. The average molecular weight is 267 g/mol. The minimum Gasteiger partial charge on any atom is -0.340 e. The normalized spacial score (nSPS) is 15.9. The van der Waals surface area contributed by atoms with Gasteiger partial charge in [-0.3, -0.25) is 4.79 Å². The zero-order valence-electron chi connectivity index (χ0n) is 9.91. The molecule has 0 spiro atoms. The second-order valence-corrected chi connectivity index (χ2v) is 5.01. The topological polar surface area (TPSA) is 44.1 Å². The third-order valence-corrected chi connectivity index (χ3v) is 3.41. The van der Waals surface area contributed by atoms with E-state index < -0.39 is 11.2 Å². The van der Waals surface area contributed by atoms with Crippen LogP contribution in [0.5, 0.6) is 0 Å².